The number of nitrogen functional groups attached to an aromatic ring is 1. The fourth-order valence-electron chi connectivity index (χ4n) is 2.24. The lowest BCUT2D eigenvalue weighted by Gasteiger charge is -2.35. The van der Waals surface area contributed by atoms with E-state index >= 15 is 0 Å². The minimum absolute atomic E-state index is 0.0259. The molecule has 1 amide bonds. The molecule has 2 atom stereocenters. The van der Waals surface area contributed by atoms with Crippen LogP contribution >= 0.6 is 15.9 Å². The Balaban J connectivity index is 2.20. The van der Waals surface area contributed by atoms with Crippen molar-refractivity contribution in [3.8, 4) is 0 Å². The smallest absolute Gasteiger partial charge is 0.256 e. The highest BCUT2D eigenvalue weighted by Crippen LogP contribution is 2.21. The molecule has 1 saturated heterocycles. The number of nitrogens with zero attached hydrogens (tertiary/aromatic N) is 1. The quantitative estimate of drug-likeness (QED) is 0.809. The molecule has 4 nitrogen and oxygen atoms in total. The maximum Gasteiger partial charge on any atom is 0.256 e. The molecule has 18 heavy (non-hydrogen) atoms. The summed E-state index contributed by atoms with van der Waals surface area (Å²) in [6, 6.07) is 5.34. The van der Waals surface area contributed by atoms with Gasteiger partial charge in [-0.1, -0.05) is 15.9 Å². The Morgan fingerprint density at radius 2 is 2.00 bits per heavy atom. The van der Waals surface area contributed by atoms with E-state index in [1.165, 1.54) is 0 Å². The second kappa shape index (κ2) is 5.28. The second-order valence-corrected chi connectivity index (χ2v) is 5.61. The molecule has 2 N–H and O–H groups in total. The Morgan fingerprint density at radius 3 is 2.56 bits per heavy atom. The number of carbonyl (C=O) groups is 1. The summed E-state index contributed by atoms with van der Waals surface area (Å²) in [5, 5.41) is 0. The number of carbonyl (C=O) groups excluding carboxylic acids is 1. The van der Waals surface area contributed by atoms with Crippen LogP contribution in [0, 0.1) is 0 Å². The van der Waals surface area contributed by atoms with Gasteiger partial charge in [0.15, 0.2) is 0 Å². The van der Waals surface area contributed by atoms with Crippen molar-refractivity contribution in [1.82, 2.24) is 4.90 Å². The van der Waals surface area contributed by atoms with Gasteiger partial charge < -0.3 is 15.4 Å². The Bertz CT molecular complexity index is 454. The zero-order valence-electron chi connectivity index (χ0n) is 10.5. The number of nitrogens with two attached hydrogens (primary N) is 1. The fourth-order valence-corrected chi connectivity index (χ4v) is 2.62. The molecule has 0 aliphatic carbocycles. The van der Waals surface area contributed by atoms with E-state index in [-0.39, 0.29) is 18.1 Å². The van der Waals surface area contributed by atoms with Gasteiger partial charge in [-0.25, -0.2) is 0 Å². The molecular formula is C13H17BrN2O2. The van der Waals surface area contributed by atoms with Gasteiger partial charge in [0.25, 0.3) is 5.91 Å². The SMILES string of the molecule is C[C@@H]1CN(C(=O)c2ccc(Br)cc2N)C[C@H](C)O1. The lowest BCUT2D eigenvalue weighted by atomic mass is 10.1. The van der Waals surface area contributed by atoms with E-state index in [9.17, 15) is 4.79 Å². The zero-order valence-corrected chi connectivity index (χ0v) is 12.1. The van der Waals surface area contributed by atoms with Crippen molar-refractivity contribution in [2.24, 2.45) is 0 Å². The maximum absolute atomic E-state index is 12.4. The van der Waals surface area contributed by atoms with Crippen LogP contribution in [-0.4, -0.2) is 36.1 Å². The molecule has 0 unspecified atom stereocenters. The Labute approximate surface area is 115 Å². The van der Waals surface area contributed by atoms with Crippen molar-refractivity contribution in [2.45, 2.75) is 26.1 Å². The first-order valence-corrected chi connectivity index (χ1v) is 6.76. The minimum atomic E-state index is -0.0259. The van der Waals surface area contributed by atoms with Crippen LogP contribution in [0.2, 0.25) is 0 Å². The van der Waals surface area contributed by atoms with Gasteiger partial charge in [0.05, 0.1) is 17.8 Å². The van der Waals surface area contributed by atoms with Gasteiger partial charge in [-0.3, -0.25) is 4.79 Å². The normalized spacial score (nSPS) is 24.1. The second-order valence-electron chi connectivity index (χ2n) is 4.70. The Morgan fingerprint density at radius 1 is 1.39 bits per heavy atom. The largest absolute Gasteiger partial charge is 0.398 e. The van der Waals surface area contributed by atoms with E-state index in [1.54, 1.807) is 17.0 Å². The zero-order chi connectivity index (χ0) is 13.3. The number of anilines is 1. The third kappa shape index (κ3) is 2.84. The highest BCUT2D eigenvalue weighted by Gasteiger charge is 2.27. The first-order chi connectivity index (χ1) is 8.47. The van der Waals surface area contributed by atoms with Crippen LogP contribution in [0.1, 0.15) is 24.2 Å². The fraction of sp³-hybridized carbons (Fsp3) is 0.462. The number of hydrogen-bond acceptors (Lipinski definition) is 3. The highest BCUT2D eigenvalue weighted by atomic mass is 79.9. The number of halogens is 1. The predicted molar refractivity (Wildman–Crippen MR) is 74.5 cm³/mol. The van der Waals surface area contributed by atoms with Gasteiger partial charge in [-0.05, 0) is 32.0 Å². The molecule has 98 valence electrons. The topological polar surface area (TPSA) is 55.6 Å². The van der Waals surface area contributed by atoms with Crippen LogP contribution in [0.15, 0.2) is 22.7 Å². The van der Waals surface area contributed by atoms with Gasteiger partial charge in [-0.2, -0.15) is 0 Å². The van der Waals surface area contributed by atoms with Gasteiger partial charge >= 0.3 is 0 Å². The number of ether oxygens (including phenoxy) is 1. The van der Waals surface area contributed by atoms with Crippen molar-refractivity contribution >= 4 is 27.5 Å². The van der Waals surface area contributed by atoms with Crippen molar-refractivity contribution in [1.29, 1.82) is 0 Å². The molecule has 1 fully saturated rings. The van der Waals surface area contributed by atoms with E-state index in [0.29, 0.717) is 24.3 Å². The Kier molecular flexibility index (Phi) is 3.92. The number of benzene rings is 1. The summed E-state index contributed by atoms with van der Waals surface area (Å²) >= 11 is 3.34. The third-order valence-corrected chi connectivity index (χ3v) is 3.44. The molecule has 1 aliphatic rings. The number of hydrogen-bond donors (Lipinski definition) is 1. The monoisotopic (exact) mass is 312 g/mol. The van der Waals surface area contributed by atoms with Crippen molar-refractivity contribution in [3.05, 3.63) is 28.2 Å². The molecule has 0 aromatic heterocycles. The highest BCUT2D eigenvalue weighted by molar-refractivity contribution is 9.10. The van der Waals surface area contributed by atoms with Gasteiger partial charge in [-0.15, -0.1) is 0 Å². The number of amides is 1. The van der Waals surface area contributed by atoms with Crippen molar-refractivity contribution in [3.63, 3.8) is 0 Å². The average Bonchev–Trinajstić information content (AvgIpc) is 2.26. The molecular weight excluding hydrogens is 296 g/mol. The first kappa shape index (κ1) is 13.4. The number of rotatable bonds is 1. The van der Waals surface area contributed by atoms with E-state index in [4.69, 9.17) is 10.5 Å². The van der Waals surface area contributed by atoms with Gasteiger partial charge in [0, 0.05) is 23.2 Å². The lowest BCUT2D eigenvalue weighted by Crippen LogP contribution is -2.48. The molecule has 1 heterocycles. The van der Waals surface area contributed by atoms with Crippen molar-refractivity contribution in [2.75, 3.05) is 18.8 Å². The molecule has 0 saturated carbocycles. The number of morpholine rings is 1. The molecule has 0 radical (unpaired) electrons. The maximum atomic E-state index is 12.4. The van der Waals surface area contributed by atoms with E-state index in [1.807, 2.05) is 19.9 Å². The summed E-state index contributed by atoms with van der Waals surface area (Å²) in [5.41, 5.74) is 6.95. The molecule has 1 aromatic carbocycles. The third-order valence-electron chi connectivity index (χ3n) is 2.95. The summed E-state index contributed by atoms with van der Waals surface area (Å²) in [6.07, 6.45) is 0.128. The van der Waals surface area contributed by atoms with E-state index in [0.717, 1.165) is 4.47 Å². The van der Waals surface area contributed by atoms with E-state index in [2.05, 4.69) is 15.9 Å². The van der Waals surface area contributed by atoms with Crippen LogP contribution in [0.5, 0.6) is 0 Å². The van der Waals surface area contributed by atoms with Crippen molar-refractivity contribution < 1.29 is 9.53 Å². The first-order valence-electron chi connectivity index (χ1n) is 5.97. The van der Waals surface area contributed by atoms with Crippen LogP contribution < -0.4 is 5.73 Å². The molecule has 1 aliphatic heterocycles. The van der Waals surface area contributed by atoms with Gasteiger partial charge in [0.1, 0.15) is 0 Å². The molecule has 5 heteroatoms. The summed E-state index contributed by atoms with van der Waals surface area (Å²) < 4.78 is 6.49. The van der Waals surface area contributed by atoms with E-state index < -0.39 is 0 Å². The van der Waals surface area contributed by atoms with Crippen LogP contribution in [0.3, 0.4) is 0 Å². The molecule has 1 aromatic rings. The lowest BCUT2D eigenvalue weighted by molar-refractivity contribution is -0.0585. The standard InChI is InChI=1S/C13H17BrN2O2/c1-8-6-16(7-9(2)18-8)13(17)11-4-3-10(14)5-12(11)15/h3-5,8-9H,6-7,15H2,1-2H3/t8-,9+. The minimum Gasteiger partial charge on any atom is -0.398 e. The average molecular weight is 313 g/mol. The van der Waals surface area contributed by atoms with Crippen LogP contribution in [0.25, 0.3) is 0 Å². The summed E-state index contributed by atoms with van der Waals surface area (Å²) in [7, 11) is 0. The predicted octanol–water partition coefficient (Wildman–Crippen LogP) is 2.28. The summed E-state index contributed by atoms with van der Waals surface area (Å²) in [4.78, 5) is 14.2. The molecule has 0 spiro atoms. The molecule has 0 bridgehead atoms. The van der Waals surface area contributed by atoms with Crippen LogP contribution in [0.4, 0.5) is 5.69 Å². The Hall–Kier alpha value is -1.07. The molecule has 2 rings (SSSR count). The summed E-state index contributed by atoms with van der Waals surface area (Å²) in [6.45, 7) is 5.17. The van der Waals surface area contributed by atoms with Gasteiger partial charge in [0.2, 0.25) is 0 Å². The summed E-state index contributed by atoms with van der Waals surface area (Å²) in [5.74, 6) is -0.0259. The van der Waals surface area contributed by atoms with Crippen LogP contribution in [-0.2, 0) is 4.74 Å².